The first-order valence-corrected chi connectivity index (χ1v) is 4.45. The Bertz CT molecular complexity index is 336. The third kappa shape index (κ3) is 2.74. The number of benzene rings is 1. The van der Waals surface area contributed by atoms with Crippen LogP contribution in [0, 0.1) is 6.92 Å². The van der Waals surface area contributed by atoms with E-state index in [1.165, 1.54) is 0 Å². The molecule has 0 heterocycles. The highest BCUT2D eigenvalue weighted by Crippen LogP contribution is 2.13. The molecular weight excluding hydrogens is 178 g/mol. The zero-order chi connectivity index (χ0) is 10.6. The molecule has 0 saturated carbocycles. The summed E-state index contributed by atoms with van der Waals surface area (Å²) in [5, 5.41) is 5.19. The maximum absolute atomic E-state index is 11.0. The van der Waals surface area contributed by atoms with Crippen LogP contribution in [0.25, 0.3) is 0 Å². The molecule has 0 unspecified atom stereocenters. The standard InChI is InChI=1S/C10H15N3O/c1-7-3-8(6-11)5-9(4-7)13-10(14)12-2/h3-5H,6,11H2,1-2H3,(H2,12,13,14). The molecule has 0 spiro atoms. The van der Waals surface area contributed by atoms with E-state index in [0.717, 1.165) is 16.8 Å². The average Bonchev–Trinajstić information content (AvgIpc) is 2.16. The molecule has 0 atom stereocenters. The first kappa shape index (κ1) is 10.5. The molecule has 1 aromatic carbocycles. The van der Waals surface area contributed by atoms with Crippen LogP contribution < -0.4 is 16.4 Å². The normalized spacial score (nSPS) is 9.64. The summed E-state index contributed by atoms with van der Waals surface area (Å²) in [4.78, 5) is 11.0. The van der Waals surface area contributed by atoms with Gasteiger partial charge >= 0.3 is 6.03 Å². The summed E-state index contributed by atoms with van der Waals surface area (Å²) >= 11 is 0. The van der Waals surface area contributed by atoms with Crippen molar-refractivity contribution in [3.05, 3.63) is 29.3 Å². The largest absolute Gasteiger partial charge is 0.341 e. The molecule has 0 aromatic heterocycles. The molecule has 0 bridgehead atoms. The van der Waals surface area contributed by atoms with Gasteiger partial charge in [-0.05, 0) is 30.2 Å². The van der Waals surface area contributed by atoms with Gasteiger partial charge < -0.3 is 16.4 Å². The lowest BCUT2D eigenvalue weighted by Gasteiger charge is -2.07. The Balaban J connectivity index is 2.86. The molecule has 0 aliphatic rings. The Labute approximate surface area is 83.5 Å². The molecule has 0 fully saturated rings. The number of carbonyl (C=O) groups is 1. The molecule has 2 amide bonds. The van der Waals surface area contributed by atoms with E-state index in [9.17, 15) is 4.79 Å². The van der Waals surface area contributed by atoms with E-state index in [1.54, 1.807) is 7.05 Å². The summed E-state index contributed by atoms with van der Waals surface area (Å²) in [5.41, 5.74) is 8.38. The van der Waals surface area contributed by atoms with Crippen LogP contribution in [0.3, 0.4) is 0 Å². The van der Waals surface area contributed by atoms with Crippen LogP contribution in [-0.4, -0.2) is 13.1 Å². The van der Waals surface area contributed by atoms with Crippen molar-refractivity contribution in [2.24, 2.45) is 5.73 Å². The van der Waals surface area contributed by atoms with Gasteiger partial charge in [-0.25, -0.2) is 4.79 Å². The maximum atomic E-state index is 11.0. The Kier molecular flexibility index (Phi) is 3.48. The van der Waals surface area contributed by atoms with E-state index < -0.39 is 0 Å². The van der Waals surface area contributed by atoms with Crippen molar-refractivity contribution in [3.8, 4) is 0 Å². The third-order valence-corrected chi connectivity index (χ3v) is 1.86. The van der Waals surface area contributed by atoms with Crippen LogP contribution in [-0.2, 0) is 6.54 Å². The average molecular weight is 193 g/mol. The number of urea groups is 1. The molecule has 0 saturated heterocycles. The SMILES string of the molecule is CNC(=O)Nc1cc(C)cc(CN)c1. The van der Waals surface area contributed by atoms with Gasteiger partial charge in [-0.2, -0.15) is 0 Å². The van der Waals surface area contributed by atoms with Gasteiger partial charge in [0.05, 0.1) is 0 Å². The number of amides is 2. The lowest BCUT2D eigenvalue weighted by Crippen LogP contribution is -2.24. The number of hydrogen-bond donors (Lipinski definition) is 3. The lowest BCUT2D eigenvalue weighted by molar-refractivity contribution is 0.254. The van der Waals surface area contributed by atoms with Crippen molar-refractivity contribution in [2.75, 3.05) is 12.4 Å². The predicted molar refractivity (Wildman–Crippen MR) is 57.1 cm³/mol. The summed E-state index contributed by atoms with van der Waals surface area (Å²) in [5.74, 6) is 0. The Morgan fingerprint density at radius 2 is 2.14 bits per heavy atom. The van der Waals surface area contributed by atoms with Gasteiger partial charge in [-0.3, -0.25) is 0 Å². The van der Waals surface area contributed by atoms with Crippen molar-refractivity contribution in [3.63, 3.8) is 0 Å². The van der Waals surface area contributed by atoms with Crippen molar-refractivity contribution < 1.29 is 4.79 Å². The molecule has 1 rings (SSSR count). The maximum Gasteiger partial charge on any atom is 0.318 e. The zero-order valence-corrected chi connectivity index (χ0v) is 8.42. The lowest BCUT2D eigenvalue weighted by atomic mass is 10.1. The third-order valence-electron chi connectivity index (χ3n) is 1.86. The van der Waals surface area contributed by atoms with Crippen LogP contribution in [0.1, 0.15) is 11.1 Å². The second kappa shape index (κ2) is 4.62. The molecule has 0 aliphatic heterocycles. The fourth-order valence-corrected chi connectivity index (χ4v) is 1.25. The van der Waals surface area contributed by atoms with E-state index in [1.807, 2.05) is 25.1 Å². The number of anilines is 1. The number of aryl methyl sites for hydroxylation is 1. The summed E-state index contributed by atoms with van der Waals surface area (Å²) in [6.07, 6.45) is 0. The molecule has 4 heteroatoms. The molecule has 0 radical (unpaired) electrons. The topological polar surface area (TPSA) is 67.2 Å². The van der Waals surface area contributed by atoms with Gasteiger partial charge in [-0.1, -0.05) is 6.07 Å². The molecule has 4 nitrogen and oxygen atoms in total. The molecule has 76 valence electrons. The van der Waals surface area contributed by atoms with E-state index in [4.69, 9.17) is 5.73 Å². The van der Waals surface area contributed by atoms with Crippen LogP contribution in [0.4, 0.5) is 10.5 Å². The van der Waals surface area contributed by atoms with Gasteiger partial charge in [0.15, 0.2) is 0 Å². The first-order chi connectivity index (χ1) is 6.65. The summed E-state index contributed by atoms with van der Waals surface area (Å²) < 4.78 is 0. The Morgan fingerprint density at radius 3 is 2.71 bits per heavy atom. The molecular formula is C10H15N3O. The quantitative estimate of drug-likeness (QED) is 0.660. The van der Waals surface area contributed by atoms with Gasteiger partial charge in [0.2, 0.25) is 0 Å². The van der Waals surface area contributed by atoms with Crippen molar-refractivity contribution >= 4 is 11.7 Å². The summed E-state index contributed by atoms with van der Waals surface area (Å²) in [6, 6.07) is 5.53. The highest BCUT2D eigenvalue weighted by molar-refractivity contribution is 5.89. The van der Waals surface area contributed by atoms with Crippen molar-refractivity contribution in [1.29, 1.82) is 0 Å². The van der Waals surface area contributed by atoms with Crippen molar-refractivity contribution in [2.45, 2.75) is 13.5 Å². The number of hydrogen-bond acceptors (Lipinski definition) is 2. The van der Waals surface area contributed by atoms with Crippen molar-refractivity contribution in [1.82, 2.24) is 5.32 Å². The van der Waals surface area contributed by atoms with E-state index in [0.29, 0.717) is 6.54 Å². The van der Waals surface area contributed by atoms with E-state index in [2.05, 4.69) is 10.6 Å². The molecule has 1 aromatic rings. The van der Waals surface area contributed by atoms with Crippen LogP contribution in [0.2, 0.25) is 0 Å². The van der Waals surface area contributed by atoms with Crippen LogP contribution in [0.5, 0.6) is 0 Å². The van der Waals surface area contributed by atoms with Gasteiger partial charge in [0, 0.05) is 19.3 Å². The molecule has 14 heavy (non-hydrogen) atoms. The van der Waals surface area contributed by atoms with Gasteiger partial charge in [0.1, 0.15) is 0 Å². The fourth-order valence-electron chi connectivity index (χ4n) is 1.25. The molecule has 0 aliphatic carbocycles. The van der Waals surface area contributed by atoms with Gasteiger partial charge in [-0.15, -0.1) is 0 Å². The number of rotatable bonds is 2. The zero-order valence-electron chi connectivity index (χ0n) is 8.42. The van der Waals surface area contributed by atoms with Crippen LogP contribution in [0.15, 0.2) is 18.2 Å². The molecule has 4 N–H and O–H groups in total. The summed E-state index contributed by atoms with van der Waals surface area (Å²) in [6.45, 7) is 2.44. The number of carbonyl (C=O) groups excluding carboxylic acids is 1. The fraction of sp³-hybridized carbons (Fsp3) is 0.300. The second-order valence-corrected chi connectivity index (χ2v) is 3.12. The summed E-state index contributed by atoms with van der Waals surface area (Å²) in [7, 11) is 1.58. The highest BCUT2D eigenvalue weighted by atomic mass is 16.2. The highest BCUT2D eigenvalue weighted by Gasteiger charge is 2.00. The van der Waals surface area contributed by atoms with Gasteiger partial charge in [0.25, 0.3) is 0 Å². The smallest absolute Gasteiger partial charge is 0.318 e. The van der Waals surface area contributed by atoms with E-state index in [-0.39, 0.29) is 6.03 Å². The van der Waals surface area contributed by atoms with E-state index >= 15 is 0 Å². The second-order valence-electron chi connectivity index (χ2n) is 3.12. The minimum absolute atomic E-state index is 0.224. The monoisotopic (exact) mass is 193 g/mol. The Morgan fingerprint density at radius 1 is 1.43 bits per heavy atom. The number of nitrogens with one attached hydrogen (secondary N) is 2. The number of nitrogens with two attached hydrogens (primary N) is 1. The minimum atomic E-state index is -0.224. The predicted octanol–water partition coefficient (Wildman–Crippen LogP) is 1.21. The Hall–Kier alpha value is -1.55. The first-order valence-electron chi connectivity index (χ1n) is 4.45. The minimum Gasteiger partial charge on any atom is -0.341 e. The van der Waals surface area contributed by atoms with Crippen LogP contribution >= 0.6 is 0 Å².